The van der Waals surface area contributed by atoms with E-state index in [4.69, 9.17) is 11.6 Å². The monoisotopic (exact) mass is 349 g/mol. The number of halogens is 1. The van der Waals surface area contributed by atoms with Crippen LogP contribution in [0.4, 0.5) is 5.69 Å². The second-order valence-corrected chi connectivity index (χ2v) is 7.45. The van der Waals surface area contributed by atoms with E-state index in [9.17, 15) is 4.79 Å². The SMILES string of the molecule is O=C1[C@@H](SCc2nnnn2C2CC2)CCN1c1ccc(Cl)cc1. The van der Waals surface area contributed by atoms with Crippen molar-refractivity contribution >= 4 is 35.0 Å². The van der Waals surface area contributed by atoms with Crippen molar-refractivity contribution in [1.82, 2.24) is 20.2 Å². The van der Waals surface area contributed by atoms with Crippen LogP contribution in [0.15, 0.2) is 24.3 Å². The summed E-state index contributed by atoms with van der Waals surface area (Å²) in [6.45, 7) is 0.742. The maximum absolute atomic E-state index is 12.6. The van der Waals surface area contributed by atoms with E-state index in [1.165, 1.54) is 0 Å². The first-order valence-electron chi connectivity index (χ1n) is 7.67. The summed E-state index contributed by atoms with van der Waals surface area (Å²) in [5.41, 5.74) is 0.908. The quantitative estimate of drug-likeness (QED) is 0.830. The van der Waals surface area contributed by atoms with Crippen LogP contribution in [0.3, 0.4) is 0 Å². The van der Waals surface area contributed by atoms with E-state index < -0.39 is 0 Å². The van der Waals surface area contributed by atoms with E-state index >= 15 is 0 Å². The van der Waals surface area contributed by atoms with Gasteiger partial charge in [-0.3, -0.25) is 4.79 Å². The smallest absolute Gasteiger partial charge is 0.240 e. The van der Waals surface area contributed by atoms with Crippen LogP contribution < -0.4 is 4.90 Å². The van der Waals surface area contributed by atoms with Gasteiger partial charge >= 0.3 is 0 Å². The maximum Gasteiger partial charge on any atom is 0.240 e. The van der Waals surface area contributed by atoms with Gasteiger partial charge in [0.2, 0.25) is 5.91 Å². The lowest BCUT2D eigenvalue weighted by Gasteiger charge is -2.16. The lowest BCUT2D eigenvalue weighted by atomic mass is 10.3. The maximum atomic E-state index is 12.6. The molecule has 1 atom stereocenters. The molecule has 1 amide bonds. The molecule has 23 heavy (non-hydrogen) atoms. The number of thioether (sulfide) groups is 1. The second-order valence-electron chi connectivity index (χ2n) is 5.83. The van der Waals surface area contributed by atoms with Gasteiger partial charge in [0.1, 0.15) is 0 Å². The average Bonchev–Trinajstić information content (AvgIpc) is 3.18. The van der Waals surface area contributed by atoms with Gasteiger partial charge < -0.3 is 4.90 Å². The molecule has 0 bridgehead atoms. The Morgan fingerprint density at radius 2 is 2.00 bits per heavy atom. The number of carbonyl (C=O) groups is 1. The van der Waals surface area contributed by atoms with Crippen LogP contribution in [0, 0.1) is 0 Å². The molecule has 120 valence electrons. The second kappa shape index (κ2) is 6.13. The van der Waals surface area contributed by atoms with E-state index in [1.54, 1.807) is 11.8 Å². The number of carbonyl (C=O) groups excluding carboxylic acids is 1. The van der Waals surface area contributed by atoms with Gasteiger partial charge in [-0.05, 0) is 54.0 Å². The summed E-state index contributed by atoms with van der Waals surface area (Å²) in [4.78, 5) is 14.4. The molecular formula is C15H16ClN5OS. The highest BCUT2D eigenvalue weighted by Gasteiger charge is 2.34. The van der Waals surface area contributed by atoms with Gasteiger partial charge in [0.15, 0.2) is 5.82 Å². The molecule has 1 aromatic carbocycles. The van der Waals surface area contributed by atoms with Crippen LogP contribution in [0.1, 0.15) is 31.1 Å². The van der Waals surface area contributed by atoms with E-state index in [0.29, 0.717) is 16.8 Å². The fraction of sp³-hybridized carbons (Fsp3) is 0.467. The van der Waals surface area contributed by atoms with Crippen molar-refractivity contribution in [2.45, 2.75) is 36.3 Å². The molecule has 8 heteroatoms. The third-order valence-corrected chi connectivity index (χ3v) is 5.68. The molecule has 0 radical (unpaired) electrons. The zero-order valence-corrected chi connectivity index (χ0v) is 14.0. The Morgan fingerprint density at radius 1 is 1.22 bits per heavy atom. The van der Waals surface area contributed by atoms with Gasteiger partial charge in [-0.15, -0.1) is 16.9 Å². The van der Waals surface area contributed by atoms with E-state index in [2.05, 4.69) is 15.5 Å². The molecule has 2 aromatic rings. The Balaban J connectivity index is 1.39. The molecule has 2 fully saturated rings. The largest absolute Gasteiger partial charge is 0.311 e. The Hall–Kier alpha value is -1.60. The summed E-state index contributed by atoms with van der Waals surface area (Å²) < 4.78 is 1.91. The van der Waals surface area contributed by atoms with Crippen molar-refractivity contribution in [2.24, 2.45) is 0 Å². The number of hydrogen-bond donors (Lipinski definition) is 0. The molecular weight excluding hydrogens is 334 g/mol. The van der Waals surface area contributed by atoms with Gasteiger partial charge in [0, 0.05) is 17.3 Å². The van der Waals surface area contributed by atoms with E-state index in [-0.39, 0.29) is 11.2 Å². The Morgan fingerprint density at radius 3 is 2.74 bits per heavy atom. The minimum absolute atomic E-state index is 0.0324. The zero-order chi connectivity index (χ0) is 15.8. The van der Waals surface area contributed by atoms with Crippen molar-refractivity contribution < 1.29 is 4.79 Å². The van der Waals surface area contributed by atoms with Gasteiger partial charge in [0.25, 0.3) is 0 Å². The zero-order valence-electron chi connectivity index (χ0n) is 12.4. The molecule has 2 heterocycles. The van der Waals surface area contributed by atoms with Crippen molar-refractivity contribution in [3.05, 3.63) is 35.1 Å². The third-order valence-electron chi connectivity index (χ3n) is 4.16. The Bertz CT molecular complexity index is 715. The number of aromatic nitrogens is 4. The molecule has 1 aliphatic heterocycles. The van der Waals surface area contributed by atoms with Crippen LogP contribution >= 0.6 is 23.4 Å². The van der Waals surface area contributed by atoms with Crippen molar-refractivity contribution in [2.75, 3.05) is 11.4 Å². The molecule has 0 N–H and O–H groups in total. The van der Waals surface area contributed by atoms with Crippen LogP contribution in [-0.4, -0.2) is 37.9 Å². The molecule has 6 nitrogen and oxygen atoms in total. The minimum atomic E-state index is -0.0324. The van der Waals surface area contributed by atoms with Crippen molar-refractivity contribution in [3.8, 4) is 0 Å². The summed E-state index contributed by atoms with van der Waals surface area (Å²) in [6.07, 6.45) is 3.14. The molecule has 1 aromatic heterocycles. The third kappa shape index (κ3) is 3.07. The molecule has 4 rings (SSSR count). The first-order chi connectivity index (χ1) is 11.2. The van der Waals surface area contributed by atoms with E-state index in [0.717, 1.165) is 37.3 Å². The predicted molar refractivity (Wildman–Crippen MR) is 89.6 cm³/mol. The lowest BCUT2D eigenvalue weighted by Crippen LogP contribution is -2.28. The highest BCUT2D eigenvalue weighted by molar-refractivity contribution is 7.99. The van der Waals surface area contributed by atoms with Crippen molar-refractivity contribution in [1.29, 1.82) is 0 Å². The normalized spacial score (nSPS) is 21.2. The number of anilines is 1. The van der Waals surface area contributed by atoms with Crippen LogP contribution in [-0.2, 0) is 10.5 Å². The number of nitrogens with zero attached hydrogens (tertiary/aromatic N) is 5. The molecule has 1 aliphatic carbocycles. The summed E-state index contributed by atoms with van der Waals surface area (Å²) in [6, 6.07) is 7.87. The standard InChI is InChI=1S/C15H16ClN5OS/c16-10-1-3-11(4-2-10)20-8-7-13(15(20)22)23-9-14-17-18-19-21(14)12-5-6-12/h1-4,12-13H,5-9H2/t13-/m0/s1. The van der Waals surface area contributed by atoms with Gasteiger partial charge in [-0.1, -0.05) is 11.6 Å². The molecule has 0 spiro atoms. The summed E-state index contributed by atoms with van der Waals surface area (Å²) in [5.74, 6) is 1.70. The number of amides is 1. The van der Waals surface area contributed by atoms with E-state index in [1.807, 2.05) is 33.8 Å². The predicted octanol–water partition coefficient (Wildman–Crippen LogP) is 2.70. The summed E-state index contributed by atoms with van der Waals surface area (Å²) in [5, 5.41) is 12.5. The number of benzene rings is 1. The van der Waals surface area contributed by atoms with Gasteiger partial charge in [0.05, 0.1) is 17.0 Å². The fourth-order valence-corrected chi connectivity index (χ4v) is 3.98. The molecule has 1 saturated heterocycles. The van der Waals surface area contributed by atoms with Crippen LogP contribution in [0.2, 0.25) is 5.02 Å². The van der Waals surface area contributed by atoms with Crippen LogP contribution in [0.5, 0.6) is 0 Å². The van der Waals surface area contributed by atoms with Crippen molar-refractivity contribution in [3.63, 3.8) is 0 Å². The summed E-state index contributed by atoms with van der Waals surface area (Å²) in [7, 11) is 0. The minimum Gasteiger partial charge on any atom is -0.311 e. The van der Waals surface area contributed by atoms with Gasteiger partial charge in [-0.25, -0.2) is 4.68 Å². The molecule has 1 saturated carbocycles. The lowest BCUT2D eigenvalue weighted by molar-refractivity contribution is -0.116. The highest BCUT2D eigenvalue weighted by Crippen LogP contribution is 2.36. The number of tetrazole rings is 1. The number of rotatable bonds is 5. The summed E-state index contributed by atoms with van der Waals surface area (Å²) >= 11 is 7.54. The van der Waals surface area contributed by atoms with Crippen LogP contribution in [0.25, 0.3) is 0 Å². The Kier molecular flexibility index (Phi) is 3.98. The molecule has 0 unspecified atom stereocenters. The first kappa shape index (κ1) is 15.0. The fourth-order valence-electron chi connectivity index (χ4n) is 2.77. The highest BCUT2D eigenvalue weighted by atomic mass is 35.5. The van der Waals surface area contributed by atoms with Gasteiger partial charge in [-0.2, -0.15) is 0 Å². The topological polar surface area (TPSA) is 63.9 Å². The average molecular weight is 350 g/mol. The Labute approximate surface area is 143 Å². The number of hydrogen-bond acceptors (Lipinski definition) is 5. The molecule has 2 aliphatic rings. The first-order valence-corrected chi connectivity index (χ1v) is 9.10.